The van der Waals surface area contributed by atoms with Crippen LogP contribution in [0, 0.1) is 0 Å². The summed E-state index contributed by atoms with van der Waals surface area (Å²) in [6, 6.07) is 1.34. The Balaban J connectivity index is 2.57. The minimum Gasteiger partial charge on any atom is -0.408 e. The van der Waals surface area contributed by atoms with E-state index in [-0.39, 0.29) is 22.3 Å². The largest absolute Gasteiger partial charge is 0.408 e. The molecule has 1 saturated heterocycles. The molecule has 4 atom stereocenters. The minimum atomic E-state index is -2.21. The van der Waals surface area contributed by atoms with Crippen LogP contribution >= 0.6 is 0 Å². The number of ether oxygens (including phenoxy) is 1. The molecule has 1 aliphatic heterocycles. The lowest BCUT2D eigenvalue weighted by Gasteiger charge is -2.44. The van der Waals surface area contributed by atoms with Gasteiger partial charge >= 0.3 is 5.69 Å². The highest BCUT2D eigenvalue weighted by molar-refractivity contribution is 6.74. The van der Waals surface area contributed by atoms with Crippen molar-refractivity contribution in [3.8, 4) is 0 Å². The van der Waals surface area contributed by atoms with Gasteiger partial charge in [-0.1, -0.05) is 48.5 Å². The minimum absolute atomic E-state index is 0.0145. The first-order chi connectivity index (χ1) is 13.9. The molecule has 0 saturated carbocycles. The summed E-state index contributed by atoms with van der Waals surface area (Å²) in [5, 5.41) is 0.0130. The van der Waals surface area contributed by atoms with Gasteiger partial charge < -0.3 is 13.6 Å². The molecule has 31 heavy (non-hydrogen) atoms. The first-order valence-corrected chi connectivity index (χ1v) is 17.1. The van der Waals surface area contributed by atoms with Gasteiger partial charge in [0.15, 0.2) is 22.9 Å². The number of rotatable bonds is 6. The zero-order chi connectivity index (χ0) is 24.0. The van der Waals surface area contributed by atoms with E-state index >= 15 is 0 Å². The molecular weight excluding hydrogens is 428 g/mol. The van der Waals surface area contributed by atoms with Gasteiger partial charge in [-0.2, -0.15) is 0 Å². The average molecular weight is 471 g/mol. The topological polar surface area (TPSA) is 82.6 Å². The lowest BCUT2D eigenvalue weighted by Crippen LogP contribution is -2.54. The van der Waals surface area contributed by atoms with Crippen molar-refractivity contribution in [2.75, 3.05) is 0 Å². The Bertz CT molecular complexity index is 879. The van der Waals surface area contributed by atoms with Crippen LogP contribution in [-0.4, -0.2) is 44.5 Å². The number of nitrogens with one attached hydrogen (secondary N) is 1. The molecule has 1 unspecified atom stereocenters. The summed E-state index contributed by atoms with van der Waals surface area (Å²) in [5.41, 5.74) is -0.925. The Kier molecular flexibility index (Phi) is 7.40. The van der Waals surface area contributed by atoms with Crippen molar-refractivity contribution in [3.05, 3.63) is 33.1 Å². The van der Waals surface area contributed by atoms with Crippen molar-refractivity contribution < 1.29 is 13.6 Å². The number of aromatic nitrogens is 2. The van der Waals surface area contributed by atoms with E-state index in [4.69, 9.17) is 13.6 Å². The van der Waals surface area contributed by atoms with E-state index < -0.39 is 40.2 Å². The van der Waals surface area contributed by atoms with Gasteiger partial charge in [-0.15, -0.1) is 0 Å². The quantitative estimate of drug-likeness (QED) is 0.613. The highest BCUT2D eigenvalue weighted by Crippen LogP contribution is 2.45. The summed E-state index contributed by atoms with van der Waals surface area (Å²) in [6.45, 7) is 24.1. The molecular formula is C22H42N2O5Si2. The smallest absolute Gasteiger partial charge is 0.330 e. The second kappa shape index (κ2) is 8.74. The SMILES string of the molecule is CC[C@H]1O[C@@H](n2ccc(=O)[nH]c2=O)[C@@H](O[Si](C)(C)C(C)(C)C)C1O[Si](C)(C)C(C)(C)C. The van der Waals surface area contributed by atoms with E-state index in [1.165, 1.54) is 16.8 Å². The number of hydrogen-bond donors (Lipinski definition) is 1. The predicted molar refractivity (Wildman–Crippen MR) is 130 cm³/mol. The second-order valence-electron chi connectivity index (χ2n) is 11.7. The number of nitrogens with zero attached hydrogens (tertiary/aromatic N) is 1. The Morgan fingerprint density at radius 3 is 1.87 bits per heavy atom. The Morgan fingerprint density at radius 2 is 1.45 bits per heavy atom. The van der Waals surface area contributed by atoms with Crippen molar-refractivity contribution in [2.45, 2.75) is 116 Å². The molecule has 0 amide bonds. The molecule has 7 nitrogen and oxygen atoms in total. The van der Waals surface area contributed by atoms with E-state index in [1.807, 2.05) is 0 Å². The normalized spacial score (nSPS) is 25.8. The second-order valence-corrected chi connectivity index (χ2v) is 21.2. The van der Waals surface area contributed by atoms with Crippen LogP contribution in [0.5, 0.6) is 0 Å². The third-order valence-corrected chi connectivity index (χ3v) is 16.2. The molecule has 0 bridgehead atoms. The summed E-state index contributed by atoms with van der Waals surface area (Å²) < 4.78 is 21.6. The lowest BCUT2D eigenvalue weighted by molar-refractivity contribution is -0.0373. The predicted octanol–water partition coefficient (Wildman–Crippen LogP) is 4.62. The number of aromatic amines is 1. The van der Waals surface area contributed by atoms with Gasteiger partial charge in [0.1, 0.15) is 12.2 Å². The molecule has 1 aromatic heterocycles. The molecule has 1 aliphatic rings. The van der Waals surface area contributed by atoms with Crippen LogP contribution in [0.25, 0.3) is 0 Å². The third kappa shape index (κ3) is 5.50. The van der Waals surface area contributed by atoms with Crippen molar-refractivity contribution in [2.24, 2.45) is 0 Å². The van der Waals surface area contributed by atoms with Gasteiger partial charge in [0.2, 0.25) is 0 Å². The molecule has 2 heterocycles. The van der Waals surface area contributed by atoms with Crippen LogP contribution in [0.3, 0.4) is 0 Å². The van der Waals surface area contributed by atoms with Crippen molar-refractivity contribution in [1.82, 2.24) is 9.55 Å². The number of hydrogen-bond acceptors (Lipinski definition) is 5. The molecule has 1 aromatic rings. The monoisotopic (exact) mass is 470 g/mol. The van der Waals surface area contributed by atoms with Gasteiger partial charge in [-0.05, 0) is 42.7 Å². The molecule has 0 spiro atoms. The fraction of sp³-hybridized carbons (Fsp3) is 0.818. The molecule has 2 rings (SSSR count). The van der Waals surface area contributed by atoms with Crippen LogP contribution in [0.1, 0.15) is 61.1 Å². The molecule has 1 fully saturated rings. The molecule has 0 aliphatic carbocycles. The summed E-state index contributed by atoms with van der Waals surface area (Å²) in [7, 11) is -4.34. The maximum atomic E-state index is 12.6. The van der Waals surface area contributed by atoms with E-state index in [1.54, 1.807) is 0 Å². The molecule has 0 aromatic carbocycles. The first kappa shape index (κ1) is 26.2. The Morgan fingerprint density at radius 1 is 0.968 bits per heavy atom. The number of H-pyrrole nitrogens is 1. The van der Waals surface area contributed by atoms with E-state index in [0.29, 0.717) is 0 Å². The average Bonchev–Trinajstić information content (AvgIpc) is 2.89. The van der Waals surface area contributed by atoms with Gasteiger partial charge in [0, 0.05) is 12.3 Å². The first-order valence-electron chi connectivity index (χ1n) is 11.2. The molecule has 1 N–H and O–H groups in total. The zero-order valence-electron chi connectivity index (χ0n) is 21.2. The standard InChI is InChI=1S/C22H42N2O5Si2/c1-12-15-17(28-30(8,9)21(2,3)4)18(29-31(10,11)22(5,6)7)19(27-15)24-14-13-16(25)23-20(24)26/h13-15,17-19H,12H2,1-11H3,(H,23,25,26)/t15-,17?,18+,19-/m1/s1. The lowest BCUT2D eigenvalue weighted by atomic mass is 10.1. The fourth-order valence-electron chi connectivity index (χ4n) is 3.19. The van der Waals surface area contributed by atoms with Crippen molar-refractivity contribution >= 4 is 16.6 Å². The van der Waals surface area contributed by atoms with Crippen LogP contribution in [-0.2, 0) is 13.6 Å². The van der Waals surface area contributed by atoms with Crippen LogP contribution in [0.2, 0.25) is 36.3 Å². The summed E-state index contributed by atoms with van der Waals surface area (Å²) in [5.74, 6) is 0. The van der Waals surface area contributed by atoms with Gasteiger partial charge in [-0.3, -0.25) is 14.3 Å². The van der Waals surface area contributed by atoms with E-state index in [2.05, 4.69) is 79.6 Å². The van der Waals surface area contributed by atoms with Crippen molar-refractivity contribution in [3.63, 3.8) is 0 Å². The maximum Gasteiger partial charge on any atom is 0.330 e. The van der Waals surface area contributed by atoms with Crippen molar-refractivity contribution in [1.29, 1.82) is 0 Å². The summed E-state index contributed by atoms with van der Waals surface area (Å²) in [6.07, 6.45) is 0.652. The van der Waals surface area contributed by atoms with E-state index in [9.17, 15) is 9.59 Å². The molecule has 0 radical (unpaired) electrons. The van der Waals surface area contributed by atoms with Gasteiger partial charge in [-0.25, -0.2) is 4.79 Å². The molecule has 178 valence electrons. The van der Waals surface area contributed by atoms with Crippen LogP contribution in [0.4, 0.5) is 0 Å². The Hall–Kier alpha value is -1.01. The Labute approximate surface area is 188 Å². The van der Waals surface area contributed by atoms with Crippen LogP contribution < -0.4 is 11.2 Å². The summed E-state index contributed by atoms with van der Waals surface area (Å²) in [4.78, 5) is 26.6. The fourth-order valence-corrected chi connectivity index (χ4v) is 5.79. The van der Waals surface area contributed by atoms with Gasteiger partial charge in [0.25, 0.3) is 5.56 Å². The van der Waals surface area contributed by atoms with Crippen LogP contribution in [0.15, 0.2) is 21.9 Å². The van der Waals surface area contributed by atoms with Gasteiger partial charge in [0.05, 0.1) is 6.10 Å². The zero-order valence-corrected chi connectivity index (χ0v) is 23.2. The van der Waals surface area contributed by atoms with E-state index in [0.717, 1.165) is 6.42 Å². The third-order valence-electron chi connectivity index (χ3n) is 7.29. The molecule has 9 heteroatoms. The maximum absolute atomic E-state index is 12.6. The highest BCUT2D eigenvalue weighted by atomic mass is 28.4. The summed E-state index contributed by atoms with van der Waals surface area (Å²) >= 11 is 0. The highest BCUT2D eigenvalue weighted by Gasteiger charge is 2.53.